The number of aliphatic carboxylic acids is 1. The predicted octanol–water partition coefficient (Wildman–Crippen LogP) is 1.54. The first-order valence-corrected chi connectivity index (χ1v) is 8.15. The zero-order valence-electron chi connectivity index (χ0n) is 12.3. The molecule has 0 rings (SSSR count). The predicted molar refractivity (Wildman–Crippen MR) is 75.2 cm³/mol. The number of carbonyl (C=O) groups is 1. The van der Waals surface area contributed by atoms with E-state index < -0.39 is 16.2 Å². The van der Waals surface area contributed by atoms with Crippen LogP contribution in [0.1, 0.15) is 47.0 Å². The Morgan fingerprint density at radius 2 is 1.58 bits per heavy atom. The van der Waals surface area contributed by atoms with E-state index in [1.165, 1.54) is 8.61 Å². The maximum atomic E-state index is 12.5. The molecule has 0 aromatic heterocycles. The molecule has 0 amide bonds. The molecule has 0 unspecified atom stereocenters. The first kappa shape index (κ1) is 18.3. The third kappa shape index (κ3) is 5.88. The van der Waals surface area contributed by atoms with Gasteiger partial charge in [0.25, 0.3) is 10.2 Å². The molecule has 114 valence electrons. The zero-order valence-corrected chi connectivity index (χ0v) is 13.1. The Bertz CT molecular complexity index is 362. The third-order valence-electron chi connectivity index (χ3n) is 2.69. The van der Waals surface area contributed by atoms with Crippen molar-refractivity contribution in [3.05, 3.63) is 0 Å². The summed E-state index contributed by atoms with van der Waals surface area (Å²) < 4.78 is 27.8. The number of rotatable bonds is 10. The summed E-state index contributed by atoms with van der Waals surface area (Å²) in [6.45, 7) is 8.31. The Morgan fingerprint density at radius 1 is 1.11 bits per heavy atom. The number of carboxylic acids is 1. The quantitative estimate of drug-likeness (QED) is 0.663. The zero-order chi connectivity index (χ0) is 15.1. The lowest BCUT2D eigenvalue weighted by Gasteiger charge is -2.31. The van der Waals surface area contributed by atoms with E-state index >= 15 is 0 Å². The molecule has 6 nitrogen and oxygen atoms in total. The SMILES string of the molecule is CCCN(CCC)S(=O)(=O)N(CCC(=O)O)C(C)C. The van der Waals surface area contributed by atoms with Crippen LogP contribution in [0.5, 0.6) is 0 Å². The Kier molecular flexibility index (Phi) is 8.20. The molecule has 0 heterocycles. The van der Waals surface area contributed by atoms with Crippen LogP contribution in [0.25, 0.3) is 0 Å². The number of hydrogen-bond acceptors (Lipinski definition) is 3. The number of carboxylic acid groups (broad SMARTS) is 1. The first-order chi connectivity index (χ1) is 8.77. The van der Waals surface area contributed by atoms with Crippen molar-refractivity contribution in [3.63, 3.8) is 0 Å². The van der Waals surface area contributed by atoms with Gasteiger partial charge in [0.05, 0.1) is 6.42 Å². The molecule has 0 aromatic carbocycles. The van der Waals surface area contributed by atoms with E-state index in [4.69, 9.17) is 5.11 Å². The Balaban J connectivity index is 5.08. The maximum absolute atomic E-state index is 12.5. The summed E-state index contributed by atoms with van der Waals surface area (Å²) in [7, 11) is -3.58. The van der Waals surface area contributed by atoms with Gasteiger partial charge in [-0.3, -0.25) is 4.79 Å². The Hall–Kier alpha value is -0.660. The molecule has 0 saturated carbocycles. The lowest BCUT2D eigenvalue weighted by molar-refractivity contribution is -0.137. The van der Waals surface area contributed by atoms with Crippen LogP contribution in [0.15, 0.2) is 0 Å². The van der Waals surface area contributed by atoms with Crippen LogP contribution in [0, 0.1) is 0 Å². The summed E-state index contributed by atoms with van der Waals surface area (Å²) >= 11 is 0. The van der Waals surface area contributed by atoms with Gasteiger partial charge in [-0.2, -0.15) is 17.0 Å². The van der Waals surface area contributed by atoms with E-state index in [0.717, 1.165) is 12.8 Å². The molecule has 19 heavy (non-hydrogen) atoms. The summed E-state index contributed by atoms with van der Waals surface area (Å²) in [5.74, 6) is -0.988. The fourth-order valence-electron chi connectivity index (χ4n) is 1.84. The van der Waals surface area contributed by atoms with Crippen LogP contribution in [-0.2, 0) is 15.0 Å². The number of nitrogens with zero attached hydrogens (tertiary/aromatic N) is 2. The van der Waals surface area contributed by atoms with Crippen LogP contribution in [0.2, 0.25) is 0 Å². The van der Waals surface area contributed by atoms with E-state index in [2.05, 4.69) is 0 Å². The molecular formula is C12H26N2O4S. The summed E-state index contributed by atoms with van der Waals surface area (Å²) in [6, 6.07) is -0.249. The second kappa shape index (κ2) is 8.50. The molecule has 0 aliphatic heterocycles. The molecule has 0 saturated heterocycles. The van der Waals surface area contributed by atoms with E-state index in [0.29, 0.717) is 13.1 Å². The molecular weight excluding hydrogens is 268 g/mol. The van der Waals surface area contributed by atoms with Crippen LogP contribution in [0.4, 0.5) is 0 Å². The minimum atomic E-state index is -3.58. The Labute approximate surface area is 116 Å². The van der Waals surface area contributed by atoms with Gasteiger partial charge in [-0.05, 0) is 26.7 Å². The minimum Gasteiger partial charge on any atom is -0.481 e. The summed E-state index contributed by atoms with van der Waals surface area (Å²) in [4.78, 5) is 10.6. The monoisotopic (exact) mass is 294 g/mol. The smallest absolute Gasteiger partial charge is 0.304 e. The Morgan fingerprint density at radius 3 is 1.89 bits per heavy atom. The van der Waals surface area contributed by atoms with Crippen molar-refractivity contribution < 1.29 is 18.3 Å². The van der Waals surface area contributed by atoms with Crippen molar-refractivity contribution >= 4 is 16.2 Å². The van der Waals surface area contributed by atoms with Gasteiger partial charge < -0.3 is 5.11 Å². The van der Waals surface area contributed by atoms with Crippen molar-refractivity contribution in [2.45, 2.75) is 53.0 Å². The molecule has 0 spiro atoms. The summed E-state index contributed by atoms with van der Waals surface area (Å²) in [5, 5.41) is 8.72. The van der Waals surface area contributed by atoms with Gasteiger partial charge in [0.15, 0.2) is 0 Å². The highest BCUT2D eigenvalue weighted by atomic mass is 32.2. The average molecular weight is 294 g/mol. The fourth-order valence-corrected chi connectivity index (χ4v) is 3.81. The van der Waals surface area contributed by atoms with Crippen LogP contribution in [-0.4, -0.2) is 53.8 Å². The average Bonchev–Trinajstić information content (AvgIpc) is 2.27. The molecule has 0 aliphatic rings. The fraction of sp³-hybridized carbons (Fsp3) is 0.917. The van der Waals surface area contributed by atoms with Crippen LogP contribution in [0.3, 0.4) is 0 Å². The van der Waals surface area contributed by atoms with Gasteiger partial charge in [-0.15, -0.1) is 0 Å². The molecule has 0 aliphatic carbocycles. The molecule has 1 N–H and O–H groups in total. The molecule has 0 aromatic rings. The summed E-state index contributed by atoms with van der Waals surface area (Å²) in [6.07, 6.45) is 1.30. The second-order valence-corrected chi connectivity index (χ2v) is 6.64. The van der Waals surface area contributed by atoms with Crippen LogP contribution >= 0.6 is 0 Å². The second-order valence-electron chi connectivity index (χ2n) is 4.76. The lowest BCUT2D eigenvalue weighted by atomic mass is 10.3. The maximum Gasteiger partial charge on any atom is 0.304 e. The van der Waals surface area contributed by atoms with Crippen molar-refractivity contribution in [3.8, 4) is 0 Å². The van der Waals surface area contributed by atoms with E-state index in [-0.39, 0.29) is 19.0 Å². The lowest BCUT2D eigenvalue weighted by Crippen LogP contribution is -2.48. The summed E-state index contributed by atoms with van der Waals surface area (Å²) in [5.41, 5.74) is 0. The first-order valence-electron chi connectivity index (χ1n) is 6.76. The highest BCUT2D eigenvalue weighted by Gasteiger charge is 2.30. The van der Waals surface area contributed by atoms with Crippen molar-refractivity contribution in [1.29, 1.82) is 0 Å². The number of hydrogen-bond donors (Lipinski definition) is 1. The standard InChI is InChI=1S/C12H26N2O4S/c1-5-8-13(9-6-2)19(17,18)14(11(3)4)10-7-12(15)16/h11H,5-10H2,1-4H3,(H,15,16). The van der Waals surface area contributed by atoms with Gasteiger partial charge in [-0.1, -0.05) is 13.8 Å². The molecule has 0 bridgehead atoms. The van der Waals surface area contributed by atoms with Crippen molar-refractivity contribution in [2.24, 2.45) is 0 Å². The highest BCUT2D eigenvalue weighted by Crippen LogP contribution is 2.14. The van der Waals surface area contributed by atoms with E-state index in [1.807, 2.05) is 13.8 Å². The van der Waals surface area contributed by atoms with Gasteiger partial charge in [-0.25, -0.2) is 0 Å². The molecule has 0 fully saturated rings. The topological polar surface area (TPSA) is 77.9 Å². The largest absolute Gasteiger partial charge is 0.481 e. The molecule has 7 heteroatoms. The van der Waals surface area contributed by atoms with Gasteiger partial charge >= 0.3 is 5.97 Å². The minimum absolute atomic E-state index is 0.0132. The normalized spacial score (nSPS) is 12.6. The molecule has 0 radical (unpaired) electrons. The van der Waals surface area contributed by atoms with Gasteiger partial charge in [0.1, 0.15) is 0 Å². The third-order valence-corrected chi connectivity index (χ3v) is 4.91. The van der Waals surface area contributed by atoms with Gasteiger partial charge in [0, 0.05) is 25.7 Å². The molecule has 0 atom stereocenters. The highest BCUT2D eigenvalue weighted by molar-refractivity contribution is 7.86. The van der Waals surface area contributed by atoms with Crippen LogP contribution < -0.4 is 0 Å². The van der Waals surface area contributed by atoms with E-state index in [9.17, 15) is 13.2 Å². The van der Waals surface area contributed by atoms with Gasteiger partial charge in [0.2, 0.25) is 0 Å². The van der Waals surface area contributed by atoms with Crippen molar-refractivity contribution in [1.82, 2.24) is 8.61 Å². The van der Waals surface area contributed by atoms with Crippen molar-refractivity contribution in [2.75, 3.05) is 19.6 Å². The van der Waals surface area contributed by atoms with E-state index in [1.54, 1.807) is 13.8 Å².